The Hall–Kier alpha value is 0.460. The van der Waals surface area contributed by atoms with Crippen LogP contribution in [0.3, 0.4) is 0 Å². The van der Waals surface area contributed by atoms with Gasteiger partial charge in [-0.2, -0.15) is 0 Å². The van der Waals surface area contributed by atoms with Crippen LogP contribution in [0.2, 0.25) is 0 Å². The maximum absolute atomic E-state index is 10.5. The van der Waals surface area contributed by atoms with E-state index in [2.05, 4.69) is 6.58 Å². The summed E-state index contributed by atoms with van der Waals surface area (Å²) in [6.45, 7) is 9.62. The van der Waals surface area contributed by atoms with E-state index in [-0.39, 0.29) is 35.3 Å². The summed E-state index contributed by atoms with van der Waals surface area (Å²) in [6, 6.07) is 0. The summed E-state index contributed by atoms with van der Waals surface area (Å²) in [5.74, 6) is 0.543. The second kappa shape index (κ2) is 7.91. The first-order chi connectivity index (χ1) is 7.87. The van der Waals surface area contributed by atoms with Crippen molar-refractivity contribution in [2.75, 3.05) is 6.61 Å². The van der Waals surface area contributed by atoms with Crippen molar-refractivity contribution in [2.24, 2.45) is 0 Å². The van der Waals surface area contributed by atoms with E-state index >= 15 is 0 Å². The van der Waals surface area contributed by atoms with Gasteiger partial charge in [0.1, 0.15) is 12.4 Å². The van der Waals surface area contributed by atoms with Crippen molar-refractivity contribution in [1.29, 1.82) is 0 Å². The predicted octanol–water partition coefficient (Wildman–Crippen LogP) is -0.253. The van der Waals surface area contributed by atoms with Crippen LogP contribution in [0.1, 0.15) is 59.3 Å². The van der Waals surface area contributed by atoms with Gasteiger partial charge in [-0.3, -0.25) is 0 Å². The minimum Gasteiger partial charge on any atom is -0.850 e. The summed E-state index contributed by atoms with van der Waals surface area (Å²) in [7, 11) is 0. The van der Waals surface area contributed by atoms with Gasteiger partial charge in [-0.1, -0.05) is 40.2 Å². The molecule has 1 heterocycles. The predicted molar refractivity (Wildman–Crippen MR) is 66.4 cm³/mol. The molecule has 1 saturated carbocycles. The molecule has 100 valence electrons. The number of hydrogen-bond acceptors (Lipinski definition) is 3. The normalized spacial score (nSPS) is 21.7. The zero-order chi connectivity index (χ0) is 12.9. The van der Waals surface area contributed by atoms with Crippen LogP contribution < -0.4 is 34.7 Å². The molecular weight excluding hydrogens is 239 g/mol. The van der Waals surface area contributed by atoms with Crippen LogP contribution in [0.25, 0.3) is 0 Å². The van der Waals surface area contributed by atoms with Crippen molar-refractivity contribution in [1.82, 2.24) is 0 Å². The molecule has 0 N–H and O–H groups in total. The monoisotopic (exact) mass is 264 g/mol. The van der Waals surface area contributed by atoms with Crippen LogP contribution in [-0.4, -0.2) is 18.0 Å². The Morgan fingerprint density at radius 3 is 2.11 bits per heavy atom. The van der Waals surface area contributed by atoms with E-state index in [1.807, 2.05) is 6.92 Å². The summed E-state index contributed by atoms with van der Waals surface area (Å²) in [4.78, 5) is 0. The molecule has 2 rings (SSSR count). The van der Waals surface area contributed by atoms with Gasteiger partial charge in [0.15, 0.2) is 0 Å². The molecule has 0 unspecified atom stereocenters. The van der Waals surface area contributed by atoms with Gasteiger partial charge in [0.05, 0.1) is 0 Å². The van der Waals surface area contributed by atoms with Crippen molar-refractivity contribution in [2.45, 2.75) is 70.7 Å². The van der Waals surface area contributed by atoms with Crippen LogP contribution in [0, 0.1) is 0 Å². The Morgan fingerprint density at radius 1 is 1.28 bits per heavy atom. The second-order valence-electron chi connectivity index (χ2n) is 5.51. The van der Waals surface area contributed by atoms with E-state index in [0.717, 1.165) is 18.6 Å². The Kier molecular flexibility index (Phi) is 8.11. The molecule has 2 aliphatic rings. The fraction of sp³-hybridized carbons (Fsp3) is 0.857. The molecule has 0 atom stereocenters. The summed E-state index contributed by atoms with van der Waals surface area (Å²) in [6.07, 6.45) is 6.59. The molecular formula is C14H25NaO3. The molecule has 0 amide bonds. The third-order valence-electron chi connectivity index (χ3n) is 3.29. The molecule has 3 nitrogen and oxygen atoms in total. The maximum atomic E-state index is 10.5. The van der Waals surface area contributed by atoms with E-state index in [0.29, 0.717) is 13.0 Å². The third-order valence-corrected chi connectivity index (χ3v) is 3.29. The average molecular weight is 264 g/mol. The molecule has 1 spiro atoms. The van der Waals surface area contributed by atoms with Crippen molar-refractivity contribution >= 4 is 0 Å². The van der Waals surface area contributed by atoms with Crippen molar-refractivity contribution in [3.05, 3.63) is 12.3 Å². The summed E-state index contributed by atoms with van der Waals surface area (Å²) in [5, 5.41) is 10.5. The first-order valence-electron chi connectivity index (χ1n) is 6.58. The molecule has 0 radical (unpaired) electrons. The van der Waals surface area contributed by atoms with E-state index in [9.17, 15) is 5.11 Å². The van der Waals surface area contributed by atoms with E-state index in [4.69, 9.17) is 9.47 Å². The molecule has 0 aromatic heterocycles. The molecule has 1 saturated heterocycles. The topological polar surface area (TPSA) is 41.5 Å². The molecule has 0 aromatic rings. The molecule has 18 heavy (non-hydrogen) atoms. The molecule has 4 heteroatoms. The average Bonchev–Trinajstić information content (AvgIpc) is 2.61. The Labute approximate surface area is 133 Å². The Morgan fingerprint density at radius 2 is 1.78 bits per heavy atom. The quantitative estimate of drug-likeness (QED) is 0.613. The third kappa shape index (κ3) is 6.58. The van der Waals surface area contributed by atoms with Crippen LogP contribution in [0.15, 0.2) is 12.3 Å². The molecule has 1 aliphatic carbocycles. The van der Waals surface area contributed by atoms with Gasteiger partial charge in [0.25, 0.3) is 0 Å². The van der Waals surface area contributed by atoms with Crippen LogP contribution >= 0.6 is 0 Å². The molecule has 0 aromatic carbocycles. The van der Waals surface area contributed by atoms with Gasteiger partial charge < -0.3 is 14.6 Å². The van der Waals surface area contributed by atoms with E-state index < -0.39 is 5.60 Å². The summed E-state index contributed by atoms with van der Waals surface area (Å²) >= 11 is 0. The number of rotatable bonds is 1. The standard InChI is InChI=1S/C9H14O2.C5H11O.Na/c1-8-7-10-9(11-8)5-3-2-4-6-9;1-4-5(2,3)6;/h1-7H2;4H2,1-3H3;/q;-1;+1. The fourth-order valence-corrected chi connectivity index (χ4v) is 1.87. The summed E-state index contributed by atoms with van der Waals surface area (Å²) < 4.78 is 11.1. The Balaban J connectivity index is 0.000000362. The largest absolute Gasteiger partial charge is 1.00 e. The van der Waals surface area contributed by atoms with Gasteiger partial charge in [0, 0.05) is 12.8 Å². The van der Waals surface area contributed by atoms with Crippen molar-refractivity contribution < 1.29 is 44.1 Å². The van der Waals surface area contributed by atoms with Crippen LogP contribution in [0.5, 0.6) is 0 Å². The maximum Gasteiger partial charge on any atom is 1.00 e. The van der Waals surface area contributed by atoms with Gasteiger partial charge >= 0.3 is 29.6 Å². The van der Waals surface area contributed by atoms with E-state index in [1.165, 1.54) is 19.3 Å². The van der Waals surface area contributed by atoms with Crippen LogP contribution in [0.4, 0.5) is 0 Å². The fourth-order valence-electron chi connectivity index (χ4n) is 1.87. The number of ether oxygens (including phenoxy) is 2. The van der Waals surface area contributed by atoms with Gasteiger partial charge in [-0.05, 0) is 12.8 Å². The van der Waals surface area contributed by atoms with Crippen LogP contribution in [-0.2, 0) is 9.47 Å². The summed E-state index contributed by atoms with van der Waals surface area (Å²) in [5.41, 5.74) is -0.708. The molecule has 1 aliphatic heterocycles. The second-order valence-corrected chi connectivity index (χ2v) is 5.51. The SMILES string of the molecule is C=C1COC2(CCCCC2)O1.CCC(C)(C)[O-].[Na+]. The zero-order valence-electron chi connectivity index (χ0n) is 12.4. The van der Waals surface area contributed by atoms with Crippen molar-refractivity contribution in [3.8, 4) is 0 Å². The van der Waals surface area contributed by atoms with Gasteiger partial charge in [-0.15, -0.1) is 5.60 Å². The van der Waals surface area contributed by atoms with Crippen molar-refractivity contribution in [3.63, 3.8) is 0 Å². The minimum absolute atomic E-state index is 0. The zero-order valence-corrected chi connectivity index (χ0v) is 14.4. The Bertz CT molecular complexity index is 252. The minimum atomic E-state index is -0.708. The first-order valence-corrected chi connectivity index (χ1v) is 6.58. The van der Waals surface area contributed by atoms with Gasteiger partial charge in [-0.25, -0.2) is 0 Å². The molecule has 2 fully saturated rings. The number of hydrogen-bond donors (Lipinski definition) is 0. The van der Waals surface area contributed by atoms with Gasteiger partial charge in [0.2, 0.25) is 5.79 Å². The van der Waals surface area contributed by atoms with E-state index in [1.54, 1.807) is 13.8 Å². The molecule has 0 bridgehead atoms. The first kappa shape index (κ1) is 18.5. The smallest absolute Gasteiger partial charge is 0.850 e.